The molecule has 0 rings (SSSR count). The highest BCUT2D eigenvalue weighted by Crippen LogP contribution is 2.17. The lowest BCUT2D eigenvalue weighted by Gasteiger charge is -2.26. The average Bonchev–Trinajstić information content (AvgIpc) is 2.31. The molecule has 23 heavy (non-hydrogen) atoms. The first-order valence-corrected chi connectivity index (χ1v) is 7.36. The SMILES string of the molecule is CC(C)C(CC(=O)O)C(=O)N[C@@H](CC(N)=O)C(=O)OC(C)(C)C. The van der Waals surface area contributed by atoms with E-state index < -0.39 is 47.7 Å². The van der Waals surface area contributed by atoms with Crippen molar-refractivity contribution in [3.05, 3.63) is 0 Å². The van der Waals surface area contributed by atoms with E-state index in [9.17, 15) is 19.2 Å². The van der Waals surface area contributed by atoms with Crippen LogP contribution in [0.25, 0.3) is 0 Å². The zero-order valence-corrected chi connectivity index (χ0v) is 14.2. The molecule has 0 saturated carbocycles. The number of carbonyl (C=O) groups is 4. The molecular weight excluding hydrogens is 304 g/mol. The van der Waals surface area contributed by atoms with Crippen LogP contribution in [0.5, 0.6) is 0 Å². The smallest absolute Gasteiger partial charge is 0.329 e. The lowest BCUT2D eigenvalue weighted by molar-refractivity contribution is -0.160. The Morgan fingerprint density at radius 3 is 2.00 bits per heavy atom. The average molecular weight is 330 g/mol. The summed E-state index contributed by atoms with van der Waals surface area (Å²) in [7, 11) is 0. The number of carbonyl (C=O) groups excluding carboxylic acids is 3. The van der Waals surface area contributed by atoms with Crippen molar-refractivity contribution in [2.45, 2.75) is 59.1 Å². The first-order chi connectivity index (χ1) is 10.3. The van der Waals surface area contributed by atoms with Crippen LogP contribution in [0, 0.1) is 11.8 Å². The molecule has 0 aromatic carbocycles. The maximum absolute atomic E-state index is 12.2. The number of rotatable bonds is 8. The van der Waals surface area contributed by atoms with E-state index in [1.54, 1.807) is 34.6 Å². The Morgan fingerprint density at radius 1 is 1.13 bits per heavy atom. The normalized spacial score (nSPS) is 14.0. The van der Waals surface area contributed by atoms with Crippen LogP contribution in [0.2, 0.25) is 0 Å². The second kappa shape index (κ2) is 8.50. The number of hydrogen-bond acceptors (Lipinski definition) is 5. The van der Waals surface area contributed by atoms with E-state index in [1.165, 1.54) is 0 Å². The fraction of sp³-hybridized carbons (Fsp3) is 0.733. The van der Waals surface area contributed by atoms with E-state index in [0.717, 1.165) is 0 Å². The molecule has 0 aliphatic rings. The molecule has 2 amide bonds. The third-order valence-electron chi connectivity index (χ3n) is 2.95. The summed E-state index contributed by atoms with van der Waals surface area (Å²) in [6.45, 7) is 8.34. The number of carboxylic acid groups (broad SMARTS) is 1. The summed E-state index contributed by atoms with van der Waals surface area (Å²) in [4.78, 5) is 46.3. The molecule has 4 N–H and O–H groups in total. The second-order valence-corrected chi connectivity index (χ2v) is 6.71. The second-order valence-electron chi connectivity index (χ2n) is 6.71. The summed E-state index contributed by atoms with van der Waals surface area (Å²) in [5.41, 5.74) is 4.30. The Hall–Kier alpha value is -2.12. The van der Waals surface area contributed by atoms with Crippen LogP contribution in [0.4, 0.5) is 0 Å². The minimum atomic E-state index is -1.24. The fourth-order valence-corrected chi connectivity index (χ4v) is 1.87. The van der Waals surface area contributed by atoms with Gasteiger partial charge < -0.3 is 20.9 Å². The molecule has 0 heterocycles. The zero-order chi connectivity index (χ0) is 18.4. The van der Waals surface area contributed by atoms with E-state index >= 15 is 0 Å². The van der Waals surface area contributed by atoms with Crippen molar-refractivity contribution in [2.75, 3.05) is 0 Å². The highest BCUT2D eigenvalue weighted by molar-refractivity contribution is 5.91. The van der Waals surface area contributed by atoms with Crippen molar-refractivity contribution in [1.29, 1.82) is 0 Å². The van der Waals surface area contributed by atoms with Gasteiger partial charge in [0.15, 0.2) is 0 Å². The van der Waals surface area contributed by atoms with Crippen LogP contribution in [0.1, 0.15) is 47.5 Å². The van der Waals surface area contributed by atoms with Gasteiger partial charge in [0.25, 0.3) is 0 Å². The molecule has 0 bridgehead atoms. The van der Waals surface area contributed by atoms with Gasteiger partial charge in [-0.3, -0.25) is 14.4 Å². The molecule has 8 heteroatoms. The van der Waals surface area contributed by atoms with Crippen molar-refractivity contribution in [3.63, 3.8) is 0 Å². The van der Waals surface area contributed by atoms with Gasteiger partial charge in [0.2, 0.25) is 11.8 Å². The van der Waals surface area contributed by atoms with Crippen LogP contribution in [0.3, 0.4) is 0 Å². The molecule has 8 nitrogen and oxygen atoms in total. The lowest BCUT2D eigenvalue weighted by Crippen LogP contribution is -2.49. The van der Waals surface area contributed by atoms with Gasteiger partial charge in [-0.05, 0) is 26.7 Å². The number of nitrogens with one attached hydrogen (secondary N) is 1. The number of nitrogens with two attached hydrogens (primary N) is 1. The minimum Gasteiger partial charge on any atom is -0.481 e. The van der Waals surface area contributed by atoms with Gasteiger partial charge in [0.1, 0.15) is 11.6 Å². The van der Waals surface area contributed by atoms with Gasteiger partial charge in [-0.2, -0.15) is 0 Å². The van der Waals surface area contributed by atoms with Crippen LogP contribution in [0.15, 0.2) is 0 Å². The number of primary amides is 1. The number of aliphatic carboxylic acids is 1. The largest absolute Gasteiger partial charge is 0.481 e. The first kappa shape index (κ1) is 20.9. The fourth-order valence-electron chi connectivity index (χ4n) is 1.87. The topological polar surface area (TPSA) is 136 Å². The predicted molar refractivity (Wildman–Crippen MR) is 82.2 cm³/mol. The standard InChI is InChI=1S/C15H26N2O6/c1-8(2)9(6-12(19)20)13(21)17-10(7-11(16)18)14(22)23-15(3,4)5/h8-10H,6-7H2,1-5H3,(H2,16,18)(H,17,21)(H,19,20)/t9?,10-/m0/s1. The van der Waals surface area contributed by atoms with E-state index in [0.29, 0.717) is 0 Å². The van der Waals surface area contributed by atoms with E-state index in [2.05, 4.69) is 5.32 Å². The van der Waals surface area contributed by atoms with Gasteiger partial charge in [-0.15, -0.1) is 0 Å². The highest BCUT2D eigenvalue weighted by atomic mass is 16.6. The van der Waals surface area contributed by atoms with Crippen LogP contribution >= 0.6 is 0 Å². The minimum absolute atomic E-state index is 0.251. The van der Waals surface area contributed by atoms with Crippen LogP contribution in [-0.4, -0.2) is 40.5 Å². The number of carboxylic acids is 1. The van der Waals surface area contributed by atoms with Gasteiger partial charge >= 0.3 is 11.9 Å². The van der Waals surface area contributed by atoms with Crippen molar-refractivity contribution in [3.8, 4) is 0 Å². The van der Waals surface area contributed by atoms with E-state index in [4.69, 9.17) is 15.6 Å². The zero-order valence-electron chi connectivity index (χ0n) is 14.2. The lowest BCUT2D eigenvalue weighted by atomic mass is 9.91. The van der Waals surface area contributed by atoms with Gasteiger partial charge in [-0.25, -0.2) is 4.79 Å². The summed E-state index contributed by atoms with van der Waals surface area (Å²) in [6, 6.07) is -1.24. The van der Waals surface area contributed by atoms with Crippen LogP contribution in [-0.2, 0) is 23.9 Å². The molecule has 0 saturated heterocycles. The molecule has 2 atom stereocenters. The predicted octanol–water partition coefficient (Wildman–Crippen LogP) is 0.435. The maximum Gasteiger partial charge on any atom is 0.329 e. The maximum atomic E-state index is 12.2. The number of hydrogen-bond donors (Lipinski definition) is 3. The Labute approximate surface area is 135 Å². The van der Waals surface area contributed by atoms with Crippen molar-refractivity contribution in [1.82, 2.24) is 5.32 Å². The Balaban J connectivity index is 5.13. The van der Waals surface area contributed by atoms with Crippen molar-refractivity contribution < 1.29 is 29.0 Å². The molecule has 0 radical (unpaired) electrons. The summed E-state index contributed by atoms with van der Waals surface area (Å²) in [5, 5.41) is 11.3. The third kappa shape index (κ3) is 8.80. The molecule has 0 aromatic rings. The summed E-state index contributed by atoms with van der Waals surface area (Å²) >= 11 is 0. The summed E-state index contributed by atoms with van der Waals surface area (Å²) < 4.78 is 5.15. The molecule has 0 aliphatic carbocycles. The van der Waals surface area contributed by atoms with Gasteiger partial charge in [-0.1, -0.05) is 13.8 Å². The summed E-state index contributed by atoms with van der Waals surface area (Å²) in [6.07, 6.45) is -0.792. The molecule has 132 valence electrons. The molecule has 0 aromatic heterocycles. The number of esters is 1. The molecule has 0 aliphatic heterocycles. The highest BCUT2D eigenvalue weighted by Gasteiger charge is 2.32. The van der Waals surface area contributed by atoms with Gasteiger partial charge in [0, 0.05) is 0 Å². The molecular formula is C15H26N2O6. The molecule has 1 unspecified atom stereocenters. The van der Waals surface area contributed by atoms with E-state index in [1.807, 2.05) is 0 Å². The number of amides is 2. The number of ether oxygens (including phenoxy) is 1. The van der Waals surface area contributed by atoms with E-state index in [-0.39, 0.29) is 12.3 Å². The van der Waals surface area contributed by atoms with Crippen molar-refractivity contribution >= 4 is 23.8 Å². The first-order valence-electron chi connectivity index (χ1n) is 7.36. The summed E-state index contributed by atoms with van der Waals surface area (Å²) in [5.74, 6) is -4.39. The third-order valence-corrected chi connectivity index (χ3v) is 2.95. The molecule has 0 fully saturated rings. The Kier molecular flexibility index (Phi) is 7.71. The monoisotopic (exact) mass is 330 g/mol. The quantitative estimate of drug-likeness (QED) is 0.552. The Morgan fingerprint density at radius 2 is 1.65 bits per heavy atom. The van der Waals surface area contributed by atoms with Crippen molar-refractivity contribution in [2.24, 2.45) is 17.6 Å². The Bertz CT molecular complexity index is 467. The van der Waals surface area contributed by atoms with Gasteiger partial charge in [0.05, 0.1) is 18.8 Å². The van der Waals surface area contributed by atoms with Crippen LogP contribution < -0.4 is 11.1 Å². The molecule has 0 spiro atoms.